The minimum Gasteiger partial charge on any atom is -0.490 e. The maximum atomic E-state index is 14.1. The Hall–Kier alpha value is -3.15. The normalized spacial score (nSPS) is 10.6. The molecule has 0 saturated carbocycles. The Morgan fingerprint density at radius 2 is 1.96 bits per heavy atom. The minimum absolute atomic E-state index is 0.0281. The van der Waals surface area contributed by atoms with E-state index in [4.69, 9.17) is 9.15 Å². The fourth-order valence-corrected chi connectivity index (χ4v) is 2.47. The number of anilines is 1. The van der Waals surface area contributed by atoms with Gasteiger partial charge in [-0.1, -0.05) is 12.1 Å². The van der Waals surface area contributed by atoms with Crippen molar-refractivity contribution in [3.8, 4) is 17.1 Å². The highest BCUT2D eigenvalue weighted by molar-refractivity contribution is 5.92. The Morgan fingerprint density at radius 1 is 1.21 bits per heavy atom. The van der Waals surface area contributed by atoms with Gasteiger partial charge in [0.05, 0.1) is 18.1 Å². The summed E-state index contributed by atoms with van der Waals surface area (Å²) < 4.78 is 24.9. The van der Waals surface area contributed by atoms with Crippen molar-refractivity contribution in [1.29, 1.82) is 0 Å². The zero-order valence-corrected chi connectivity index (χ0v) is 13.1. The Balaban J connectivity index is 2.28. The predicted octanol–water partition coefficient (Wildman–Crippen LogP) is 3.57. The Labute approximate surface area is 136 Å². The number of rotatable bonds is 3. The third-order valence-electron chi connectivity index (χ3n) is 3.49. The Morgan fingerprint density at radius 3 is 2.62 bits per heavy atom. The predicted molar refractivity (Wildman–Crippen MR) is 88.7 cm³/mol. The lowest BCUT2D eigenvalue weighted by atomic mass is 10.1. The molecular weight excluding hydrogens is 313 g/mol. The topological polar surface area (TPSA) is 68.5 Å². The van der Waals surface area contributed by atoms with Crippen molar-refractivity contribution in [1.82, 2.24) is 0 Å². The molecule has 0 atom stereocenters. The molecule has 6 heteroatoms. The van der Waals surface area contributed by atoms with Gasteiger partial charge < -0.3 is 14.5 Å². The first-order valence-electron chi connectivity index (χ1n) is 7.18. The third kappa shape index (κ3) is 2.74. The van der Waals surface area contributed by atoms with Gasteiger partial charge in [-0.05, 0) is 30.3 Å². The number of methoxy groups -OCH3 is 1. The van der Waals surface area contributed by atoms with Crippen molar-refractivity contribution in [3.05, 3.63) is 58.5 Å². The van der Waals surface area contributed by atoms with E-state index < -0.39 is 11.2 Å². The molecule has 0 saturated heterocycles. The number of hydrogen-bond acceptors (Lipinski definition) is 4. The van der Waals surface area contributed by atoms with Crippen LogP contribution in [0.4, 0.5) is 10.1 Å². The quantitative estimate of drug-likeness (QED) is 0.798. The van der Waals surface area contributed by atoms with Gasteiger partial charge in [-0.3, -0.25) is 9.59 Å². The van der Waals surface area contributed by atoms with Crippen molar-refractivity contribution in [2.75, 3.05) is 12.4 Å². The maximum absolute atomic E-state index is 14.1. The van der Waals surface area contributed by atoms with Crippen LogP contribution < -0.4 is 15.5 Å². The lowest BCUT2D eigenvalue weighted by molar-refractivity contribution is -0.114. The fourth-order valence-electron chi connectivity index (χ4n) is 2.47. The fraction of sp³-hybridized carbons (Fsp3) is 0.111. The molecule has 0 bridgehead atoms. The van der Waals surface area contributed by atoms with Crippen LogP contribution in [0.2, 0.25) is 0 Å². The van der Waals surface area contributed by atoms with E-state index in [-0.39, 0.29) is 33.9 Å². The molecule has 122 valence electrons. The first-order chi connectivity index (χ1) is 11.5. The number of carbonyl (C=O) groups is 1. The van der Waals surface area contributed by atoms with Crippen molar-refractivity contribution in [2.24, 2.45) is 0 Å². The number of amides is 1. The number of carbonyl (C=O) groups excluding carboxylic acids is 1. The van der Waals surface area contributed by atoms with Crippen LogP contribution in [-0.4, -0.2) is 13.0 Å². The highest BCUT2D eigenvalue weighted by Crippen LogP contribution is 2.32. The molecule has 24 heavy (non-hydrogen) atoms. The van der Waals surface area contributed by atoms with Gasteiger partial charge >= 0.3 is 0 Å². The number of hydrogen-bond donors (Lipinski definition) is 1. The van der Waals surface area contributed by atoms with Crippen LogP contribution in [0.5, 0.6) is 5.75 Å². The van der Waals surface area contributed by atoms with Gasteiger partial charge in [0.25, 0.3) is 0 Å². The number of nitrogens with one attached hydrogen (secondary N) is 1. The van der Waals surface area contributed by atoms with Gasteiger partial charge in [-0.25, -0.2) is 4.39 Å². The first kappa shape index (κ1) is 15.7. The van der Waals surface area contributed by atoms with Gasteiger partial charge in [0, 0.05) is 12.6 Å². The van der Waals surface area contributed by atoms with E-state index in [0.717, 1.165) is 0 Å². The number of benzene rings is 2. The molecule has 0 radical (unpaired) electrons. The largest absolute Gasteiger partial charge is 0.490 e. The molecule has 0 aliphatic rings. The summed E-state index contributed by atoms with van der Waals surface area (Å²) in [5, 5.41) is 2.83. The van der Waals surface area contributed by atoms with E-state index in [1.54, 1.807) is 24.3 Å². The van der Waals surface area contributed by atoms with Gasteiger partial charge in [0.2, 0.25) is 17.1 Å². The first-order valence-corrected chi connectivity index (χ1v) is 7.18. The summed E-state index contributed by atoms with van der Waals surface area (Å²) >= 11 is 0. The standard InChI is InChI=1S/C18H14FNO4/c1-10(21)20-11-7-8-15-13(9-11)16(22)18(23-2)17(24-15)12-5-3-4-6-14(12)19/h3-9H,1-2H3,(H,20,21). The summed E-state index contributed by atoms with van der Waals surface area (Å²) in [4.78, 5) is 23.8. The van der Waals surface area contributed by atoms with Crippen LogP contribution in [0, 0.1) is 5.82 Å². The summed E-state index contributed by atoms with van der Waals surface area (Å²) in [6, 6.07) is 10.6. The smallest absolute Gasteiger partial charge is 0.235 e. The van der Waals surface area contributed by atoms with Crippen molar-refractivity contribution in [3.63, 3.8) is 0 Å². The second-order valence-corrected chi connectivity index (χ2v) is 5.17. The van der Waals surface area contributed by atoms with Crippen LogP contribution >= 0.6 is 0 Å². The van der Waals surface area contributed by atoms with E-state index in [2.05, 4.69) is 5.32 Å². The van der Waals surface area contributed by atoms with Crippen LogP contribution in [0.3, 0.4) is 0 Å². The molecule has 1 N–H and O–H groups in total. The number of halogens is 1. The summed E-state index contributed by atoms with van der Waals surface area (Å²) in [5.41, 5.74) is 0.430. The molecule has 1 amide bonds. The molecule has 5 nitrogen and oxygen atoms in total. The van der Waals surface area contributed by atoms with Crippen LogP contribution in [-0.2, 0) is 4.79 Å². The molecule has 0 fully saturated rings. The van der Waals surface area contributed by atoms with E-state index in [1.165, 1.54) is 32.2 Å². The molecule has 2 aromatic carbocycles. The molecule has 0 spiro atoms. The van der Waals surface area contributed by atoms with E-state index in [1.807, 2.05) is 0 Å². The summed E-state index contributed by atoms with van der Waals surface area (Å²) in [6.07, 6.45) is 0. The molecule has 1 aromatic heterocycles. The van der Waals surface area contributed by atoms with Gasteiger partial charge in [-0.15, -0.1) is 0 Å². The highest BCUT2D eigenvalue weighted by Gasteiger charge is 2.19. The molecule has 0 unspecified atom stereocenters. The van der Waals surface area contributed by atoms with Crippen LogP contribution in [0.15, 0.2) is 51.7 Å². The van der Waals surface area contributed by atoms with Crippen LogP contribution in [0.25, 0.3) is 22.3 Å². The van der Waals surface area contributed by atoms with Crippen LogP contribution in [0.1, 0.15) is 6.92 Å². The van der Waals surface area contributed by atoms with Crippen molar-refractivity contribution < 1.29 is 18.3 Å². The van der Waals surface area contributed by atoms with E-state index in [0.29, 0.717) is 5.69 Å². The monoisotopic (exact) mass is 327 g/mol. The molecule has 3 rings (SSSR count). The second kappa shape index (κ2) is 6.16. The van der Waals surface area contributed by atoms with Gasteiger partial charge in [-0.2, -0.15) is 0 Å². The van der Waals surface area contributed by atoms with Gasteiger partial charge in [0.1, 0.15) is 11.4 Å². The summed E-state index contributed by atoms with van der Waals surface area (Å²) in [7, 11) is 1.32. The zero-order valence-electron chi connectivity index (χ0n) is 13.1. The Bertz CT molecular complexity index is 994. The maximum Gasteiger partial charge on any atom is 0.235 e. The summed E-state index contributed by atoms with van der Waals surface area (Å²) in [5.74, 6) is -0.838. The number of ether oxygens (including phenoxy) is 1. The second-order valence-electron chi connectivity index (χ2n) is 5.17. The highest BCUT2D eigenvalue weighted by atomic mass is 19.1. The lowest BCUT2D eigenvalue weighted by Crippen LogP contribution is -2.10. The average molecular weight is 327 g/mol. The Kier molecular flexibility index (Phi) is 4.04. The number of fused-ring (bicyclic) bond motifs is 1. The SMILES string of the molecule is COc1c(-c2ccccc2F)oc2ccc(NC(C)=O)cc2c1=O. The van der Waals surface area contributed by atoms with Gasteiger partial charge in [0.15, 0.2) is 5.76 Å². The average Bonchev–Trinajstić information content (AvgIpc) is 2.55. The zero-order chi connectivity index (χ0) is 17.3. The summed E-state index contributed by atoms with van der Waals surface area (Å²) in [6.45, 7) is 1.37. The molecule has 3 aromatic rings. The van der Waals surface area contributed by atoms with E-state index >= 15 is 0 Å². The molecule has 0 aliphatic heterocycles. The molecule has 1 heterocycles. The minimum atomic E-state index is -0.520. The third-order valence-corrected chi connectivity index (χ3v) is 3.49. The molecular formula is C18H14FNO4. The van der Waals surface area contributed by atoms with Crippen molar-refractivity contribution >= 4 is 22.6 Å². The molecule has 0 aliphatic carbocycles. The van der Waals surface area contributed by atoms with Crippen molar-refractivity contribution in [2.45, 2.75) is 6.92 Å². The lowest BCUT2D eigenvalue weighted by Gasteiger charge is -2.10. The van der Waals surface area contributed by atoms with E-state index in [9.17, 15) is 14.0 Å².